The summed E-state index contributed by atoms with van der Waals surface area (Å²) in [5.41, 5.74) is -2.94. The highest BCUT2D eigenvalue weighted by molar-refractivity contribution is 5.96. The van der Waals surface area contributed by atoms with E-state index in [9.17, 15) is 31.5 Å². The molecule has 0 radical (unpaired) electrons. The molecule has 10 heteroatoms. The molecular formula is C21H16F5N3O2. The molecule has 1 heterocycles. The van der Waals surface area contributed by atoms with E-state index in [4.69, 9.17) is 0 Å². The van der Waals surface area contributed by atoms with Crippen LogP contribution in [0.5, 0.6) is 0 Å². The zero-order chi connectivity index (χ0) is 22.8. The summed E-state index contributed by atoms with van der Waals surface area (Å²) in [6.07, 6.45) is -5.34. The summed E-state index contributed by atoms with van der Waals surface area (Å²) >= 11 is 0. The second-order valence-electron chi connectivity index (χ2n) is 6.74. The lowest BCUT2D eigenvalue weighted by molar-refractivity contribution is -0.142. The van der Waals surface area contributed by atoms with Crippen LogP contribution >= 0.6 is 0 Å². The third kappa shape index (κ3) is 5.14. The molecule has 0 fully saturated rings. The molecule has 5 nitrogen and oxygen atoms in total. The van der Waals surface area contributed by atoms with Gasteiger partial charge in [0, 0.05) is 25.6 Å². The molecule has 0 aliphatic rings. The largest absolute Gasteiger partial charge is 0.435 e. The Labute approximate surface area is 173 Å². The Balaban J connectivity index is 2.05. The lowest BCUT2D eigenvalue weighted by Crippen LogP contribution is -2.36. The molecule has 0 spiro atoms. The average Bonchev–Trinajstić information content (AvgIpc) is 2.71. The lowest BCUT2D eigenvalue weighted by Gasteiger charge is -2.17. The molecular weight excluding hydrogens is 421 g/mol. The molecule has 31 heavy (non-hydrogen) atoms. The molecule has 0 unspecified atom stereocenters. The highest BCUT2D eigenvalue weighted by Gasteiger charge is 2.40. The van der Waals surface area contributed by atoms with Crippen LogP contribution in [0.25, 0.3) is 0 Å². The van der Waals surface area contributed by atoms with Crippen LogP contribution in [-0.2, 0) is 26.2 Å². The summed E-state index contributed by atoms with van der Waals surface area (Å²) in [7, 11) is 1.05. The Morgan fingerprint density at radius 3 is 2.00 bits per heavy atom. The van der Waals surface area contributed by atoms with E-state index in [0.717, 1.165) is 31.3 Å². The molecule has 1 aromatic heterocycles. The Kier molecular flexibility index (Phi) is 6.19. The quantitative estimate of drug-likeness (QED) is 0.621. The Bertz CT molecular complexity index is 1150. The van der Waals surface area contributed by atoms with E-state index in [1.807, 2.05) is 0 Å². The van der Waals surface area contributed by atoms with Crippen LogP contribution in [0.4, 0.5) is 22.0 Å². The van der Waals surface area contributed by atoms with Crippen LogP contribution in [0.1, 0.15) is 32.7 Å². The van der Waals surface area contributed by atoms with Gasteiger partial charge in [0.05, 0.1) is 5.56 Å². The van der Waals surface area contributed by atoms with Crippen molar-refractivity contribution in [3.8, 4) is 0 Å². The highest BCUT2D eigenvalue weighted by atomic mass is 19.4. The number of benzene rings is 2. The van der Waals surface area contributed by atoms with Crippen LogP contribution in [-0.4, -0.2) is 15.7 Å². The minimum atomic E-state index is -5.01. The zero-order valence-corrected chi connectivity index (χ0v) is 16.1. The van der Waals surface area contributed by atoms with Gasteiger partial charge in [-0.1, -0.05) is 24.3 Å². The predicted molar refractivity (Wildman–Crippen MR) is 101 cm³/mol. The van der Waals surface area contributed by atoms with Crippen LogP contribution < -0.4 is 10.9 Å². The van der Waals surface area contributed by atoms with E-state index in [-0.39, 0.29) is 13.0 Å². The van der Waals surface area contributed by atoms with Gasteiger partial charge in [-0.15, -0.1) is 0 Å². The van der Waals surface area contributed by atoms with Gasteiger partial charge in [0.25, 0.3) is 11.5 Å². The number of aromatic nitrogens is 2. The fourth-order valence-corrected chi connectivity index (χ4v) is 2.98. The van der Waals surface area contributed by atoms with E-state index in [1.54, 1.807) is 0 Å². The van der Waals surface area contributed by atoms with Crippen molar-refractivity contribution in [1.29, 1.82) is 0 Å². The number of hydrogen-bond acceptors (Lipinski definition) is 3. The number of aryl methyl sites for hydroxylation is 1. The van der Waals surface area contributed by atoms with Crippen molar-refractivity contribution in [3.63, 3.8) is 0 Å². The second kappa shape index (κ2) is 8.66. The number of alkyl halides is 3. The predicted octanol–water partition coefficient (Wildman–Crippen LogP) is 3.60. The third-order valence-corrected chi connectivity index (χ3v) is 4.50. The summed E-state index contributed by atoms with van der Waals surface area (Å²) < 4.78 is 67.7. The Hall–Kier alpha value is -3.56. The molecule has 0 saturated heterocycles. The number of carbonyl (C=O) groups is 1. The van der Waals surface area contributed by atoms with Crippen LogP contribution in [0, 0.1) is 11.6 Å². The Morgan fingerprint density at radius 2 is 1.48 bits per heavy atom. The number of halogens is 5. The average molecular weight is 437 g/mol. The lowest BCUT2D eigenvalue weighted by atomic mass is 9.99. The molecule has 1 N–H and O–H groups in total. The molecule has 162 valence electrons. The maximum Gasteiger partial charge on any atom is 0.435 e. The van der Waals surface area contributed by atoms with Crippen molar-refractivity contribution in [3.05, 3.63) is 98.5 Å². The Morgan fingerprint density at radius 1 is 0.968 bits per heavy atom. The van der Waals surface area contributed by atoms with Gasteiger partial charge in [0.15, 0.2) is 5.69 Å². The van der Waals surface area contributed by atoms with Gasteiger partial charge >= 0.3 is 6.18 Å². The van der Waals surface area contributed by atoms with Gasteiger partial charge in [-0.2, -0.15) is 18.3 Å². The van der Waals surface area contributed by atoms with Crippen molar-refractivity contribution in [2.45, 2.75) is 19.1 Å². The van der Waals surface area contributed by atoms with E-state index < -0.39 is 46.1 Å². The number of nitrogens with zero attached hydrogens (tertiary/aromatic N) is 2. The molecule has 2 aromatic carbocycles. The van der Waals surface area contributed by atoms with Gasteiger partial charge in [-0.3, -0.25) is 9.59 Å². The zero-order valence-electron chi connectivity index (χ0n) is 16.1. The first kappa shape index (κ1) is 22.1. The normalized spacial score (nSPS) is 11.4. The molecule has 1 amide bonds. The van der Waals surface area contributed by atoms with Crippen molar-refractivity contribution in [1.82, 2.24) is 15.1 Å². The number of carbonyl (C=O) groups excluding carboxylic acids is 1. The molecule has 3 rings (SSSR count). The summed E-state index contributed by atoms with van der Waals surface area (Å²) in [4.78, 5) is 25.3. The summed E-state index contributed by atoms with van der Waals surface area (Å²) in [5.74, 6) is -2.22. The van der Waals surface area contributed by atoms with Gasteiger partial charge in [0.2, 0.25) is 0 Å². The molecule has 0 aliphatic carbocycles. The van der Waals surface area contributed by atoms with E-state index >= 15 is 0 Å². The summed E-state index contributed by atoms with van der Waals surface area (Å²) in [5, 5.41) is 5.58. The second-order valence-corrected chi connectivity index (χ2v) is 6.74. The smallest absolute Gasteiger partial charge is 0.348 e. The molecule has 0 saturated carbocycles. The maximum absolute atomic E-state index is 13.7. The van der Waals surface area contributed by atoms with Crippen LogP contribution in [0.3, 0.4) is 0 Å². The highest BCUT2D eigenvalue weighted by Crippen LogP contribution is 2.31. The van der Waals surface area contributed by atoms with E-state index in [1.165, 1.54) is 24.3 Å². The topological polar surface area (TPSA) is 64.0 Å². The molecule has 0 bridgehead atoms. The fourth-order valence-electron chi connectivity index (χ4n) is 2.98. The van der Waals surface area contributed by atoms with Crippen molar-refractivity contribution >= 4 is 5.91 Å². The van der Waals surface area contributed by atoms with Gasteiger partial charge in [0.1, 0.15) is 11.6 Å². The van der Waals surface area contributed by atoms with Crippen molar-refractivity contribution < 1.29 is 26.7 Å². The molecule has 0 atom stereocenters. The van der Waals surface area contributed by atoms with Gasteiger partial charge < -0.3 is 5.32 Å². The monoisotopic (exact) mass is 437 g/mol. The fraction of sp³-hybridized carbons (Fsp3) is 0.190. The SMILES string of the molecule is Cn1nc(C(F)(F)F)c(C(=O)NCc2ccc(F)cc2)c(Cc2ccc(F)cc2)c1=O. The first-order chi connectivity index (χ1) is 14.6. The van der Waals surface area contributed by atoms with E-state index in [0.29, 0.717) is 15.8 Å². The molecule has 0 aliphatic heterocycles. The van der Waals surface area contributed by atoms with Crippen molar-refractivity contribution in [2.75, 3.05) is 0 Å². The number of rotatable bonds is 5. The third-order valence-electron chi connectivity index (χ3n) is 4.50. The number of amides is 1. The number of nitrogens with one attached hydrogen (secondary N) is 1. The first-order valence-electron chi connectivity index (χ1n) is 9.00. The summed E-state index contributed by atoms with van der Waals surface area (Å²) in [6, 6.07) is 9.82. The van der Waals surface area contributed by atoms with Gasteiger partial charge in [-0.05, 0) is 35.4 Å². The maximum atomic E-state index is 13.7. The van der Waals surface area contributed by atoms with Crippen molar-refractivity contribution in [2.24, 2.45) is 7.05 Å². The van der Waals surface area contributed by atoms with E-state index in [2.05, 4.69) is 10.4 Å². The minimum Gasteiger partial charge on any atom is -0.348 e. The standard InChI is InChI=1S/C21H16F5N3O2/c1-29-20(31)16(10-12-2-6-14(22)7-3-12)17(18(28-29)21(24,25)26)19(30)27-11-13-4-8-15(23)9-5-13/h2-9H,10-11H2,1H3,(H,27,30). The molecule has 3 aromatic rings. The number of hydrogen-bond donors (Lipinski definition) is 1. The van der Waals surface area contributed by atoms with Gasteiger partial charge in [-0.25, -0.2) is 13.5 Å². The minimum absolute atomic E-state index is 0.193. The summed E-state index contributed by atoms with van der Waals surface area (Å²) in [6.45, 7) is -0.193. The first-order valence-corrected chi connectivity index (χ1v) is 9.00. The van der Waals surface area contributed by atoms with Crippen LogP contribution in [0.15, 0.2) is 53.3 Å². The van der Waals surface area contributed by atoms with Crippen LogP contribution in [0.2, 0.25) is 0 Å².